The van der Waals surface area contributed by atoms with Crippen molar-refractivity contribution in [3.8, 4) is 5.75 Å². The second-order valence-electron chi connectivity index (χ2n) is 9.05. The molecule has 0 saturated carbocycles. The van der Waals surface area contributed by atoms with Gasteiger partial charge in [-0.3, -0.25) is 14.6 Å². The highest BCUT2D eigenvalue weighted by Gasteiger charge is 2.48. The van der Waals surface area contributed by atoms with E-state index in [1.807, 2.05) is 0 Å². The number of ketones is 1. The highest BCUT2D eigenvalue weighted by molar-refractivity contribution is 6.31. The van der Waals surface area contributed by atoms with Gasteiger partial charge in [-0.05, 0) is 43.5 Å². The third-order valence-electron chi connectivity index (χ3n) is 6.86. The molecule has 0 radical (unpaired) electrons. The normalized spacial score (nSPS) is 18.4. The van der Waals surface area contributed by atoms with Gasteiger partial charge in [0.1, 0.15) is 0 Å². The molecular formula is C27H26ClN3O7. The van der Waals surface area contributed by atoms with Crippen molar-refractivity contribution in [3.05, 3.63) is 70.4 Å². The first kappa shape index (κ1) is 25.6. The number of fused-ring (bicyclic) bond motifs is 1. The zero-order chi connectivity index (χ0) is 27.0. The van der Waals surface area contributed by atoms with E-state index < -0.39 is 29.6 Å². The van der Waals surface area contributed by atoms with Crippen LogP contribution in [0.25, 0.3) is 11.0 Å². The van der Waals surface area contributed by atoms with Gasteiger partial charge in [0.2, 0.25) is 5.78 Å². The number of pyridine rings is 1. The zero-order valence-electron chi connectivity index (χ0n) is 20.8. The summed E-state index contributed by atoms with van der Waals surface area (Å²) in [5.41, 5.74) is 0.795. The lowest BCUT2D eigenvalue weighted by Crippen LogP contribution is -2.48. The second kappa shape index (κ2) is 10.4. The summed E-state index contributed by atoms with van der Waals surface area (Å²) in [6, 6.07) is 6.95. The highest BCUT2D eigenvalue weighted by Crippen LogP contribution is 2.43. The molecule has 5 rings (SSSR count). The number of nitrogens with zero attached hydrogens (tertiary/aromatic N) is 3. The fourth-order valence-electron chi connectivity index (χ4n) is 5.12. The maximum absolute atomic E-state index is 13.8. The maximum atomic E-state index is 13.8. The molecule has 4 heterocycles. The van der Waals surface area contributed by atoms with E-state index in [-0.39, 0.29) is 24.0 Å². The molecule has 0 spiro atoms. The Bertz CT molecular complexity index is 1430. The molecule has 2 amide bonds. The van der Waals surface area contributed by atoms with Gasteiger partial charge in [0.25, 0.3) is 5.91 Å². The monoisotopic (exact) mass is 539 g/mol. The minimum atomic E-state index is -0.887. The van der Waals surface area contributed by atoms with Crippen molar-refractivity contribution in [2.24, 2.45) is 0 Å². The van der Waals surface area contributed by atoms with Crippen LogP contribution in [0, 0.1) is 0 Å². The number of hydrogen-bond acceptors (Lipinski definition) is 8. The number of methoxy groups -OCH3 is 1. The number of furan rings is 1. The van der Waals surface area contributed by atoms with E-state index in [9.17, 15) is 19.5 Å². The zero-order valence-corrected chi connectivity index (χ0v) is 21.6. The average Bonchev–Trinajstić information content (AvgIpc) is 3.47. The van der Waals surface area contributed by atoms with E-state index >= 15 is 0 Å². The minimum absolute atomic E-state index is 0.0669. The Morgan fingerprint density at radius 3 is 2.66 bits per heavy atom. The fourth-order valence-corrected chi connectivity index (χ4v) is 5.34. The second-order valence-corrected chi connectivity index (χ2v) is 9.48. The number of aliphatic hydroxyl groups is 1. The number of hydrogen-bond donors (Lipinski definition) is 1. The van der Waals surface area contributed by atoms with Crippen molar-refractivity contribution < 1.29 is 33.4 Å². The van der Waals surface area contributed by atoms with Gasteiger partial charge >= 0.3 is 6.09 Å². The van der Waals surface area contributed by atoms with Crippen molar-refractivity contribution in [3.63, 3.8) is 0 Å². The van der Waals surface area contributed by atoms with Crippen LogP contribution >= 0.6 is 11.6 Å². The number of carbonyl (C=O) groups is 3. The molecule has 0 aliphatic carbocycles. The number of Topliss-reactive ketones (excluding diaryl/α,β-unsaturated/α-hetero) is 1. The van der Waals surface area contributed by atoms with E-state index in [4.69, 9.17) is 25.5 Å². The molecule has 2 aromatic heterocycles. The fraction of sp³-hybridized carbons (Fsp3) is 0.333. The van der Waals surface area contributed by atoms with E-state index in [1.54, 1.807) is 48.5 Å². The molecule has 198 valence electrons. The molecule has 1 saturated heterocycles. The Hall–Kier alpha value is -4.05. The van der Waals surface area contributed by atoms with E-state index in [2.05, 4.69) is 4.98 Å². The first-order chi connectivity index (χ1) is 18.3. The van der Waals surface area contributed by atoms with Gasteiger partial charge in [0, 0.05) is 48.0 Å². The quantitative estimate of drug-likeness (QED) is 0.448. The standard InChI is InChI=1S/C27H26ClN3O7/c1-3-37-27(35)30-9-6-18(7-10-30)31-22(15-5-4-8-29-14-15)21(24(33)26(31)34)23(32)19-12-16-11-17(28)13-20(36-2)25(16)38-19/h4-5,8,11-14,18,22,33H,3,6-7,9-10H2,1-2H3. The maximum Gasteiger partial charge on any atom is 0.409 e. The predicted molar refractivity (Wildman–Crippen MR) is 137 cm³/mol. The van der Waals surface area contributed by atoms with Crippen LogP contribution in [-0.2, 0) is 9.53 Å². The average molecular weight is 540 g/mol. The van der Waals surface area contributed by atoms with Crippen molar-refractivity contribution in [1.82, 2.24) is 14.8 Å². The molecule has 10 nitrogen and oxygen atoms in total. The number of carbonyl (C=O) groups excluding carboxylic acids is 3. The van der Waals surface area contributed by atoms with Crippen molar-refractivity contribution >= 4 is 40.4 Å². The summed E-state index contributed by atoms with van der Waals surface area (Å²) in [5, 5.41) is 12.0. The van der Waals surface area contributed by atoms with Gasteiger partial charge in [0.05, 0.1) is 25.3 Å². The summed E-state index contributed by atoms with van der Waals surface area (Å²) < 4.78 is 16.3. The van der Waals surface area contributed by atoms with Crippen LogP contribution in [0.5, 0.6) is 5.75 Å². The number of rotatable bonds is 6. The Balaban J connectivity index is 1.51. The number of benzene rings is 1. The van der Waals surface area contributed by atoms with Gasteiger partial charge in [-0.2, -0.15) is 0 Å². The third kappa shape index (κ3) is 4.45. The van der Waals surface area contributed by atoms with Crippen LogP contribution in [0.4, 0.5) is 4.79 Å². The molecule has 0 bridgehead atoms. The molecule has 1 atom stereocenters. The Labute approximate surface area is 223 Å². The lowest BCUT2D eigenvalue weighted by atomic mass is 9.93. The van der Waals surface area contributed by atoms with E-state index in [1.165, 1.54) is 18.1 Å². The molecule has 11 heteroatoms. The number of aromatic nitrogens is 1. The smallest absolute Gasteiger partial charge is 0.409 e. The number of halogens is 1. The number of piperidine rings is 1. The number of ether oxygens (including phenoxy) is 2. The summed E-state index contributed by atoms with van der Waals surface area (Å²) in [6.07, 6.45) is 3.65. The Morgan fingerprint density at radius 2 is 2.00 bits per heavy atom. The molecule has 2 aliphatic rings. The molecule has 3 aromatic rings. The van der Waals surface area contributed by atoms with Crippen molar-refractivity contribution in [2.45, 2.75) is 31.8 Å². The SMILES string of the molecule is CCOC(=O)N1CCC(N2C(=O)C(O)=C(C(=O)c3cc4cc(Cl)cc(OC)c4o3)C2c2cccnc2)CC1. The summed E-state index contributed by atoms with van der Waals surface area (Å²) >= 11 is 6.17. The predicted octanol–water partition coefficient (Wildman–Crippen LogP) is 4.69. The number of aliphatic hydroxyl groups excluding tert-OH is 1. The molecule has 38 heavy (non-hydrogen) atoms. The van der Waals surface area contributed by atoms with Gasteiger partial charge in [-0.15, -0.1) is 0 Å². The summed E-state index contributed by atoms with van der Waals surface area (Å²) in [7, 11) is 1.46. The summed E-state index contributed by atoms with van der Waals surface area (Å²) in [5.74, 6) is -1.64. The molecular weight excluding hydrogens is 514 g/mol. The third-order valence-corrected chi connectivity index (χ3v) is 7.08. The molecule has 1 N–H and O–H groups in total. The lowest BCUT2D eigenvalue weighted by molar-refractivity contribution is -0.132. The highest BCUT2D eigenvalue weighted by atomic mass is 35.5. The number of likely N-dealkylation sites (tertiary alicyclic amines) is 1. The summed E-state index contributed by atoms with van der Waals surface area (Å²) in [4.78, 5) is 46.7. The first-order valence-corrected chi connectivity index (χ1v) is 12.6. The summed E-state index contributed by atoms with van der Waals surface area (Å²) in [6.45, 7) is 2.77. The Morgan fingerprint density at radius 1 is 1.24 bits per heavy atom. The largest absolute Gasteiger partial charge is 0.503 e. The molecule has 2 aliphatic heterocycles. The van der Waals surface area contributed by atoms with Crippen LogP contribution < -0.4 is 4.74 Å². The van der Waals surface area contributed by atoms with Crippen LogP contribution in [0.1, 0.15) is 41.9 Å². The molecule has 1 fully saturated rings. The van der Waals surface area contributed by atoms with Gasteiger partial charge in [-0.25, -0.2) is 4.79 Å². The van der Waals surface area contributed by atoms with Crippen molar-refractivity contribution in [2.75, 3.05) is 26.8 Å². The molecule has 1 aromatic carbocycles. The molecule has 1 unspecified atom stereocenters. The van der Waals surface area contributed by atoms with Crippen LogP contribution in [-0.4, -0.2) is 70.5 Å². The van der Waals surface area contributed by atoms with Gasteiger partial charge < -0.3 is 28.8 Å². The van der Waals surface area contributed by atoms with E-state index in [0.717, 1.165) is 0 Å². The van der Waals surface area contributed by atoms with Crippen molar-refractivity contribution in [1.29, 1.82) is 0 Å². The first-order valence-electron chi connectivity index (χ1n) is 12.2. The van der Waals surface area contributed by atoms with E-state index in [0.29, 0.717) is 53.2 Å². The minimum Gasteiger partial charge on any atom is -0.503 e. The van der Waals surface area contributed by atoms with Crippen LogP contribution in [0.3, 0.4) is 0 Å². The van der Waals surface area contributed by atoms with Gasteiger partial charge in [-0.1, -0.05) is 17.7 Å². The van der Waals surface area contributed by atoms with Crippen LogP contribution in [0.2, 0.25) is 5.02 Å². The lowest BCUT2D eigenvalue weighted by Gasteiger charge is -2.39. The Kier molecular flexibility index (Phi) is 6.98. The number of amides is 2. The van der Waals surface area contributed by atoms with Gasteiger partial charge in [0.15, 0.2) is 22.9 Å². The topological polar surface area (TPSA) is 122 Å². The van der Waals surface area contributed by atoms with Crippen LogP contribution in [0.15, 0.2) is 58.5 Å².